The number of aromatic hydroxyl groups is 1. The molecule has 76 valence electrons. The molecule has 1 aromatic rings. The van der Waals surface area contributed by atoms with E-state index >= 15 is 0 Å². The zero-order valence-electron chi connectivity index (χ0n) is 7.56. The minimum absolute atomic E-state index is 0.264. The standard InChI is InChI=1S/C10H11BrClNO/c1-7(12)5-13-6-8-3-2-4-9(11)10(8)14/h2-4,13-14H,1,5-6H2. The van der Waals surface area contributed by atoms with Crippen LogP contribution in [0, 0.1) is 0 Å². The highest BCUT2D eigenvalue weighted by molar-refractivity contribution is 9.10. The Kier molecular flexibility index (Phi) is 4.45. The molecule has 0 atom stereocenters. The fourth-order valence-corrected chi connectivity index (χ4v) is 1.54. The fraction of sp³-hybridized carbons (Fsp3) is 0.200. The summed E-state index contributed by atoms with van der Waals surface area (Å²) in [4.78, 5) is 0. The second-order valence-electron chi connectivity index (χ2n) is 2.87. The lowest BCUT2D eigenvalue weighted by atomic mass is 10.2. The van der Waals surface area contributed by atoms with E-state index in [0.29, 0.717) is 22.6 Å². The van der Waals surface area contributed by atoms with Gasteiger partial charge in [-0.15, -0.1) is 0 Å². The third-order valence-electron chi connectivity index (χ3n) is 1.70. The van der Waals surface area contributed by atoms with E-state index in [0.717, 1.165) is 5.56 Å². The van der Waals surface area contributed by atoms with Crippen LogP contribution in [0.15, 0.2) is 34.3 Å². The van der Waals surface area contributed by atoms with Gasteiger partial charge in [-0.2, -0.15) is 0 Å². The van der Waals surface area contributed by atoms with Crippen molar-refractivity contribution in [3.05, 3.63) is 39.8 Å². The number of rotatable bonds is 4. The molecule has 0 unspecified atom stereocenters. The molecule has 2 nitrogen and oxygen atoms in total. The molecule has 1 rings (SSSR count). The number of phenolic OH excluding ortho intramolecular Hbond substituents is 1. The van der Waals surface area contributed by atoms with Gasteiger partial charge in [0.2, 0.25) is 0 Å². The van der Waals surface area contributed by atoms with Gasteiger partial charge in [0.15, 0.2) is 0 Å². The first-order valence-corrected chi connectivity index (χ1v) is 5.28. The Morgan fingerprint density at radius 2 is 2.29 bits per heavy atom. The van der Waals surface area contributed by atoms with Crippen molar-refractivity contribution < 1.29 is 5.11 Å². The summed E-state index contributed by atoms with van der Waals surface area (Å²) in [6.07, 6.45) is 0. The lowest BCUT2D eigenvalue weighted by molar-refractivity contribution is 0.462. The molecule has 14 heavy (non-hydrogen) atoms. The van der Waals surface area contributed by atoms with Crippen LogP contribution in [0.3, 0.4) is 0 Å². The quantitative estimate of drug-likeness (QED) is 0.886. The fourth-order valence-electron chi connectivity index (χ4n) is 1.04. The van der Waals surface area contributed by atoms with Gasteiger partial charge >= 0.3 is 0 Å². The van der Waals surface area contributed by atoms with E-state index in [2.05, 4.69) is 27.8 Å². The molecule has 0 saturated heterocycles. The molecule has 0 spiro atoms. The predicted octanol–water partition coefficient (Wildman–Crippen LogP) is 3.00. The van der Waals surface area contributed by atoms with E-state index in [4.69, 9.17) is 11.6 Å². The summed E-state index contributed by atoms with van der Waals surface area (Å²) in [6, 6.07) is 5.51. The maximum Gasteiger partial charge on any atom is 0.134 e. The maximum absolute atomic E-state index is 9.62. The summed E-state index contributed by atoms with van der Waals surface area (Å²) < 4.78 is 0.696. The number of hydrogen-bond donors (Lipinski definition) is 2. The third-order valence-corrected chi connectivity index (χ3v) is 2.48. The van der Waals surface area contributed by atoms with Crippen LogP contribution in [-0.2, 0) is 6.54 Å². The second-order valence-corrected chi connectivity index (χ2v) is 4.26. The van der Waals surface area contributed by atoms with Crippen molar-refractivity contribution in [2.24, 2.45) is 0 Å². The molecule has 0 aliphatic rings. The van der Waals surface area contributed by atoms with Crippen molar-refractivity contribution >= 4 is 27.5 Å². The first-order chi connectivity index (χ1) is 6.61. The normalized spacial score (nSPS) is 10.1. The van der Waals surface area contributed by atoms with E-state index in [9.17, 15) is 5.11 Å². The van der Waals surface area contributed by atoms with Crippen LogP contribution in [0.1, 0.15) is 5.56 Å². The Morgan fingerprint density at radius 1 is 1.57 bits per heavy atom. The van der Waals surface area contributed by atoms with Gasteiger partial charge in [-0.25, -0.2) is 0 Å². The molecule has 2 N–H and O–H groups in total. The van der Waals surface area contributed by atoms with E-state index in [1.807, 2.05) is 12.1 Å². The predicted molar refractivity (Wildman–Crippen MR) is 62.5 cm³/mol. The van der Waals surface area contributed by atoms with Crippen LogP contribution in [0.2, 0.25) is 0 Å². The van der Waals surface area contributed by atoms with Crippen LogP contribution in [0.25, 0.3) is 0 Å². The average molecular weight is 277 g/mol. The molecule has 0 aliphatic heterocycles. The molecule has 0 radical (unpaired) electrons. The summed E-state index contributed by atoms with van der Waals surface area (Å²) in [7, 11) is 0. The Hall–Kier alpha value is -0.510. The van der Waals surface area contributed by atoms with Crippen molar-refractivity contribution in [1.82, 2.24) is 5.32 Å². The lowest BCUT2D eigenvalue weighted by Crippen LogP contribution is -2.14. The van der Waals surface area contributed by atoms with Crippen LogP contribution in [0.5, 0.6) is 5.75 Å². The number of benzene rings is 1. The monoisotopic (exact) mass is 275 g/mol. The number of halogens is 2. The van der Waals surface area contributed by atoms with E-state index in [-0.39, 0.29) is 5.75 Å². The lowest BCUT2D eigenvalue weighted by Gasteiger charge is -2.06. The van der Waals surface area contributed by atoms with Crippen molar-refractivity contribution in [1.29, 1.82) is 0 Å². The highest BCUT2D eigenvalue weighted by atomic mass is 79.9. The molecule has 1 aromatic carbocycles. The maximum atomic E-state index is 9.62. The molecule has 0 fully saturated rings. The van der Waals surface area contributed by atoms with E-state index in [1.54, 1.807) is 6.07 Å². The van der Waals surface area contributed by atoms with Gasteiger partial charge in [0.05, 0.1) is 4.47 Å². The first kappa shape index (κ1) is 11.6. The second kappa shape index (κ2) is 5.39. The molecule has 0 heterocycles. The summed E-state index contributed by atoms with van der Waals surface area (Å²) >= 11 is 8.83. The zero-order valence-corrected chi connectivity index (χ0v) is 9.90. The van der Waals surface area contributed by atoms with Gasteiger partial charge in [-0.3, -0.25) is 0 Å². The summed E-state index contributed by atoms with van der Waals surface area (Å²) in [5.41, 5.74) is 0.831. The zero-order chi connectivity index (χ0) is 10.6. The van der Waals surface area contributed by atoms with Gasteiger partial charge in [-0.05, 0) is 22.0 Å². The molecule has 4 heteroatoms. The number of para-hydroxylation sites is 1. The Bertz CT molecular complexity index is 341. The molecule has 0 bridgehead atoms. The minimum Gasteiger partial charge on any atom is -0.506 e. The summed E-state index contributed by atoms with van der Waals surface area (Å²) in [5, 5.41) is 13.2. The van der Waals surface area contributed by atoms with Gasteiger partial charge in [0.25, 0.3) is 0 Å². The van der Waals surface area contributed by atoms with Gasteiger partial charge < -0.3 is 10.4 Å². The molecule has 0 saturated carbocycles. The highest BCUT2D eigenvalue weighted by Gasteiger charge is 2.03. The Balaban J connectivity index is 2.59. The number of phenols is 1. The Morgan fingerprint density at radius 3 is 2.93 bits per heavy atom. The number of nitrogens with one attached hydrogen (secondary N) is 1. The average Bonchev–Trinajstić information content (AvgIpc) is 2.12. The highest BCUT2D eigenvalue weighted by Crippen LogP contribution is 2.27. The minimum atomic E-state index is 0.264. The summed E-state index contributed by atoms with van der Waals surface area (Å²) in [6.45, 7) is 4.66. The van der Waals surface area contributed by atoms with Gasteiger partial charge in [0, 0.05) is 23.7 Å². The van der Waals surface area contributed by atoms with Crippen LogP contribution >= 0.6 is 27.5 Å². The smallest absolute Gasteiger partial charge is 0.134 e. The van der Waals surface area contributed by atoms with Crippen LogP contribution < -0.4 is 5.32 Å². The molecular weight excluding hydrogens is 265 g/mol. The molecule has 0 amide bonds. The van der Waals surface area contributed by atoms with Crippen molar-refractivity contribution in [2.75, 3.05) is 6.54 Å². The van der Waals surface area contributed by atoms with E-state index in [1.165, 1.54) is 0 Å². The number of hydrogen-bond acceptors (Lipinski definition) is 2. The SMILES string of the molecule is C=C(Cl)CNCc1cccc(Br)c1O. The first-order valence-electron chi connectivity index (χ1n) is 4.11. The molecular formula is C10H11BrClNO. The summed E-state index contributed by atoms with van der Waals surface area (Å²) in [5.74, 6) is 0.264. The molecule has 0 aromatic heterocycles. The van der Waals surface area contributed by atoms with Crippen molar-refractivity contribution in [3.8, 4) is 5.75 Å². The Labute approximate surface area is 96.7 Å². The van der Waals surface area contributed by atoms with Gasteiger partial charge in [0.1, 0.15) is 5.75 Å². The molecule has 0 aliphatic carbocycles. The van der Waals surface area contributed by atoms with E-state index < -0.39 is 0 Å². The van der Waals surface area contributed by atoms with Crippen LogP contribution in [-0.4, -0.2) is 11.7 Å². The van der Waals surface area contributed by atoms with Crippen LogP contribution in [0.4, 0.5) is 0 Å². The van der Waals surface area contributed by atoms with Gasteiger partial charge in [-0.1, -0.05) is 30.3 Å². The largest absolute Gasteiger partial charge is 0.506 e. The van der Waals surface area contributed by atoms with Crippen molar-refractivity contribution in [3.63, 3.8) is 0 Å². The topological polar surface area (TPSA) is 32.3 Å². The third kappa shape index (κ3) is 3.33. The van der Waals surface area contributed by atoms with Crippen molar-refractivity contribution in [2.45, 2.75) is 6.54 Å².